The van der Waals surface area contributed by atoms with E-state index in [-0.39, 0.29) is 10.5 Å². The van der Waals surface area contributed by atoms with Gasteiger partial charge in [0.1, 0.15) is 0 Å². The largest absolute Gasteiger partial charge is 0.434 e. The Hall–Kier alpha value is -1.64. The minimum Gasteiger partial charge on any atom is -0.334 e. The maximum Gasteiger partial charge on any atom is 0.434 e. The van der Waals surface area contributed by atoms with E-state index in [2.05, 4.69) is 10.3 Å². The molecular weight excluding hydrogens is 355 g/mol. The zero-order valence-electron chi connectivity index (χ0n) is 13.7. The van der Waals surface area contributed by atoms with Crippen molar-refractivity contribution in [2.75, 3.05) is 18.4 Å². The zero-order valence-corrected chi connectivity index (χ0v) is 14.5. The lowest BCUT2D eigenvalue weighted by atomic mass is 9.69. The Kier molecular flexibility index (Phi) is 5.04. The lowest BCUT2D eigenvalue weighted by Crippen LogP contribution is -2.50. The van der Waals surface area contributed by atoms with Crippen molar-refractivity contribution in [3.8, 4) is 0 Å². The molecule has 138 valence electrons. The summed E-state index contributed by atoms with van der Waals surface area (Å²) in [6.07, 6.45) is 3.00. The SMILES string of the molecule is O=C(Nc1nc(C(F)(F)F)cs1)C(=O)N1CCCC2(CCCCC2)C1. The lowest BCUT2D eigenvalue weighted by molar-refractivity contribution is -0.146. The Bertz CT molecular complexity index is 648. The van der Waals surface area contributed by atoms with E-state index >= 15 is 0 Å². The van der Waals surface area contributed by atoms with Crippen LogP contribution in [0.4, 0.5) is 18.3 Å². The summed E-state index contributed by atoms with van der Waals surface area (Å²) in [6, 6.07) is 0. The summed E-state index contributed by atoms with van der Waals surface area (Å²) in [7, 11) is 0. The van der Waals surface area contributed by atoms with Crippen molar-refractivity contribution in [1.82, 2.24) is 9.88 Å². The number of alkyl halides is 3. The van der Waals surface area contributed by atoms with Gasteiger partial charge in [-0.25, -0.2) is 4.98 Å². The van der Waals surface area contributed by atoms with Gasteiger partial charge in [-0.15, -0.1) is 11.3 Å². The number of nitrogens with one attached hydrogen (secondary N) is 1. The van der Waals surface area contributed by atoms with Crippen LogP contribution in [0.3, 0.4) is 0 Å². The Labute approximate surface area is 147 Å². The van der Waals surface area contributed by atoms with Crippen molar-refractivity contribution in [2.45, 2.75) is 51.1 Å². The number of thiazole rings is 1. The Balaban J connectivity index is 1.62. The summed E-state index contributed by atoms with van der Waals surface area (Å²) < 4.78 is 37.6. The second-order valence-corrected chi connectivity index (χ2v) is 7.74. The smallest absolute Gasteiger partial charge is 0.334 e. The van der Waals surface area contributed by atoms with E-state index in [1.807, 2.05) is 0 Å². The van der Waals surface area contributed by atoms with Crippen LogP contribution < -0.4 is 5.32 Å². The molecule has 2 fully saturated rings. The average Bonchev–Trinajstić information content (AvgIpc) is 3.03. The van der Waals surface area contributed by atoms with Crippen molar-refractivity contribution in [2.24, 2.45) is 5.41 Å². The third-order valence-electron chi connectivity index (χ3n) is 5.07. The molecule has 1 aliphatic carbocycles. The van der Waals surface area contributed by atoms with Gasteiger partial charge >= 0.3 is 18.0 Å². The van der Waals surface area contributed by atoms with E-state index in [1.165, 1.54) is 6.42 Å². The van der Waals surface area contributed by atoms with Crippen LogP contribution in [0.5, 0.6) is 0 Å². The van der Waals surface area contributed by atoms with Crippen molar-refractivity contribution >= 4 is 28.3 Å². The van der Waals surface area contributed by atoms with Crippen LogP contribution in [0.25, 0.3) is 0 Å². The molecular formula is C16H20F3N3O2S. The van der Waals surface area contributed by atoms with Gasteiger partial charge in [0.2, 0.25) is 0 Å². The summed E-state index contributed by atoms with van der Waals surface area (Å²) in [6.45, 7) is 1.07. The fourth-order valence-corrected chi connectivity index (χ4v) is 4.56. The minimum absolute atomic E-state index is 0.108. The van der Waals surface area contributed by atoms with Gasteiger partial charge in [0.25, 0.3) is 0 Å². The molecule has 3 rings (SSSR count). The molecule has 1 spiro atoms. The summed E-state index contributed by atoms with van der Waals surface area (Å²) >= 11 is 0.657. The molecule has 1 saturated heterocycles. The van der Waals surface area contributed by atoms with Crippen LogP contribution in [0.2, 0.25) is 0 Å². The first-order valence-electron chi connectivity index (χ1n) is 8.42. The van der Waals surface area contributed by atoms with Crippen LogP contribution in [0.15, 0.2) is 5.38 Å². The fourth-order valence-electron chi connectivity index (χ4n) is 3.85. The number of rotatable bonds is 1. The number of halogens is 3. The van der Waals surface area contributed by atoms with Crippen LogP contribution in [0.1, 0.15) is 50.6 Å². The molecule has 1 saturated carbocycles. The first kappa shape index (κ1) is 18.2. The number of likely N-dealkylation sites (tertiary alicyclic amines) is 1. The predicted octanol–water partition coefficient (Wildman–Crippen LogP) is 3.67. The number of anilines is 1. The highest BCUT2D eigenvalue weighted by molar-refractivity contribution is 7.14. The van der Waals surface area contributed by atoms with Crippen LogP contribution in [-0.2, 0) is 15.8 Å². The monoisotopic (exact) mass is 375 g/mol. The summed E-state index contributed by atoms with van der Waals surface area (Å²) in [4.78, 5) is 29.4. The maximum absolute atomic E-state index is 12.5. The number of amides is 2. The zero-order chi connectivity index (χ0) is 18.1. The molecule has 1 aliphatic heterocycles. The van der Waals surface area contributed by atoms with Gasteiger partial charge < -0.3 is 4.90 Å². The number of hydrogen-bond acceptors (Lipinski definition) is 4. The van der Waals surface area contributed by atoms with Crippen molar-refractivity contribution < 1.29 is 22.8 Å². The molecule has 5 nitrogen and oxygen atoms in total. The van der Waals surface area contributed by atoms with Crippen LogP contribution in [-0.4, -0.2) is 34.8 Å². The molecule has 2 amide bonds. The topological polar surface area (TPSA) is 62.3 Å². The Morgan fingerprint density at radius 3 is 2.48 bits per heavy atom. The minimum atomic E-state index is -4.57. The normalized spacial score (nSPS) is 20.5. The van der Waals surface area contributed by atoms with Gasteiger partial charge in [0, 0.05) is 18.5 Å². The fraction of sp³-hybridized carbons (Fsp3) is 0.688. The van der Waals surface area contributed by atoms with E-state index in [1.54, 1.807) is 4.90 Å². The molecule has 1 aromatic rings. The van der Waals surface area contributed by atoms with E-state index in [4.69, 9.17) is 0 Å². The quantitative estimate of drug-likeness (QED) is 0.762. The summed E-state index contributed by atoms with van der Waals surface area (Å²) in [5.41, 5.74) is -0.962. The number of aromatic nitrogens is 1. The maximum atomic E-state index is 12.5. The number of nitrogens with zero attached hydrogens (tertiary/aromatic N) is 2. The number of hydrogen-bond donors (Lipinski definition) is 1. The number of carbonyl (C=O) groups is 2. The van der Waals surface area contributed by atoms with Gasteiger partial charge in [-0.3, -0.25) is 14.9 Å². The third-order valence-corrected chi connectivity index (χ3v) is 5.83. The van der Waals surface area contributed by atoms with Gasteiger partial charge in [0.15, 0.2) is 10.8 Å². The highest BCUT2D eigenvalue weighted by atomic mass is 32.1. The second-order valence-electron chi connectivity index (χ2n) is 6.88. The Morgan fingerprint density at radius 1 is 1.16 bits per heavy atom. The number of piperidine rings is 1. The molecule has 0 bridgehead atoms. The molecule has 0 aromatic carbocycles. The van der Waals surface area contributed by atoms with Crippen LogP contribution >= 0.6 is 11.3 Å². The van der Waals surface area contributed by atoms with Gasteiger partial charge in [0.05, 0.1) is 0 Å². The predicted molar refractivity (Wildman–Crippen MR) is 87.1 cm³/mol. The molecule has 0 unspecified atom stereocenters. The van der Waals surface area contributed by atoms with Crippen molar-refractivity contribution in [1.29, 1.82) is 0 Å². The van der Waals surface area contributed by atoms with Crippen LogP contribution in [0, 0.1) is 5.41 Å². The standard InChI is InChI=1S/C16H20F3N3O2S/c17-16(18,19)11-9-25-14(20-11)21-12(23)13(24)22-8-4-7-15(10-22)5-2-1-3-6-15/h9H,1-8,10H2,(H,20,21,23). The first-order valence-corrected chi connectivity index (χ1v) is 9.30. The van der Waals surface area contributed by atoms with Gasteiger partial charge in [-0.1, -0.05) is 19.3 Å². The third kappa shape index (κ3) is 4.13. The van der Waals surface area contributed by atoms with E-state index < -0.39 is 23.7 Å². The molecule has 1 aromatic heterocycles. The van der Waals surface area contributed by atoms with E-state index in [0.29, 0.717) is 24.4 Å². The Morgan fingerprint density at radius 2 is 1.84 bits per heavy atom. The van der Waals surface area contributed by atoms with Crippen molar-refractivity contribution in [3.05, 3.63) is 11.1 Å². The summed E-state index contributed by atoms with van der Waals surface area (Å²) in [5.74, 6) is -1.61. The lowest BCUT2D eigenvalue weighted by Gasteiger charge is -2.45. The van der Waals surface area contributed by atoms with Crippen molar-refractivity contribution in [3.63, 3.8) is 0 Å². The highest BCUT2D eigenvalue weighted by Gasteiger charge is 2.39. The molecule has 1 N–H and O–H groups in total. The molecule has 0 radical (unpaired) electrons. The highest BCUT2D eigenvalue weighted by Crippen LogP contribution is 2.43. The molecule has 0 atom stereocenters. The second kappa shape index (κ2) is 6.93. The van der Waals surface area contributed by atoms with Gasteiger partial charge in [-0.05, 0) is 31.1 Å². The number of carbonyl (C=O) groups excluding carboxylic acids is 2. The van der Waals surface area contributed by atoms with E-state index in [9.17, 15) is 22.8 Å². The van der Waals surface area contributed by atoms with Gasteiger partial charge in [-0.2, -0.15) is 13.2 Å². The average molecular weight is 375 g/mol. The van der Waals surface area contributed by atoms with E-state index in [0.717, 1.165) is 43.9 Å². The molecule has 2 heterocycles. The molecule has 9 heteroatoms. The first-order chi connectivity index (χ1) is 11.8. The molecule has 25 heavy (non-hydrogen) atoms. The molecule has 2 aliphatic rings. The summed E-state index contributed by atoms with van der Waals surface area (Å²) in [5, 5.41) is 2.80.